The zero-order valence-electron chi connectivity index (χ0n) is 16.5. The molecular weight excluding hydrogens is 392 g/mol. The van der Waals surface area contributed by atoms with Crippen LogP contribution in [0.25, 0.3) is 0 Å². The van der Waals surface area contributed by atoms with Gasteiger partial charge in [-0.1, -0.05) is 43.6 Å². The summed E-state index contributed by atoms with van der Waals surface area (Å²) in [7, 11) is 0. The van der Waals surface area contributed by atoms with Crippen molar-refractivity contribution in [2.24, 2.45) is 5.92 Å². The third kappa shape index (κ3) is 5.41. The van der Waals surface area contributed by atoms with Crippen molar-refractivity contribution >= 4 is 23.4 Å². The second-order valence-corrected chi connectivity index (χ2v) is 7.59. The number of halogens is 1. The molecule has 1 heterocycles. The Labute approximate surface area is 175 Å². The minimum atomic E-state index is -0.296. The van der Waals surface area contributed by atoms with E-state index in [2.05, 4.69) is 10.6 Å². The van der Waals surface area contributed by atoms with Gasteiger partial charge < -0.3 is 20.1 Å². The van der Waals surface area contributed by atoms with Gasteiger partial charge in [-0.3, -0.25) is 9.59 Å². The summed E-state index contributed by atoms with van der Waals surface area (Å²) in [5.41, 5.74) is 1.35. The van der Waals surface area contributed by atoms with E-state index < -0.39 is 0 Å². The van der Waals surface area contributed by atoms with Gasteiger partial charge in [-0.25, -0.2) is 0 Å². The molecule has 2 amide bonds. The van der Waals surface area contributed by atoms with E-state index in [0.717, 1.165) is 11.3 Å². The maximum absolute atomic E-state index is 12.5. The van der Waals surface area contributed by atoms with Crippen molar-refractivity contribution in [3.8, 4) is 11.5 Å². The summed E-state index contributed by atoms with van der Waals surface area (Å²) in [4.78, 5) is 24.6. The molecule has 154 valence electrons. The topological polar surface area (TPSA) is 76.7 Å². The molecule has 1 aliphatic rings. The Morgan fingerprint density at radius 2 is 1.79 bits per heavy atom. The Hall–Kier alpha value is -2.73. The summed E-state index contributed by atoms with van der Waals surface area (Å²) in [5, 5.41) is 6.17. The number of fused-ring (bicyclic) bond motifs is 1. The molecule has 1 atom stereocenters. The number of benzene rings is 2. The molecule has 0 aliphatic carbocycles. The van der Waals surface area contributed by atoms with Crippen LogP contribution in [0.5, 0.6) is 11.5 Å². The van der Waals surface area contributed by atoms with Crippen molar-refractivity contribution in [1.29, 1.82) is 0 Å². The third-order valence-electron chi connectivity index (χ3n) is 4.66. The van der Waals surface area contributed by atoms with Crippen molar-refractivity contribution in [3.05, 3.63) is 58.6 Å². The van der Waals surface area contributed by atoms with Gasteiger partial charge in [-0.2, -0.15) is 0 Å². The second kappa shape index (κ2) is 9.65. The lowest BCUT2D eigenvalue weighted by atomic mass is 9.95. The summed E-state index contributed by atoms with van der Waals surface area (Å²) < 4.78 is 11.2. The predicted octanol–water partition coefficient (Wildman–Crippen LogP) is 3.74. The van der Waals surface area contributed by atoms with Crippen molar-refractivity contribution in [2.45, 2.75) is 26.3 Å². The van der Waals surface area contributed by atoms with Crippen molar-refractivity contribution in [2.75, 3.05) is 19.8 Å². The highest BCUT2D eigenvalue weighted by atomic mass is 35.5. The first-order valence-electron chi connectivity index (χ1n) is 9.67. The van der Waals surface area contributed by atoms with E-state index in [9.17, 15) is 9.59 Å². The van der Waals surface area contributed by atoms with Crippen LogP contribution in [-0.2, 0) is 4.79 Å². The Bertz CT molecular complexity index is 885. The van der Waals surface area contributed by atoms with Gasteiger partial charge >= 0.3 is 0 Å². The van der Waals surface area contributed by atoms with Crippen LogP contribution < -0.4 is 20.1 Å². The van der Waals surface area contributed by atoms with E-state index in [1.54, 1.807) is 24.3 Å². The molecule has 0 fully saturated rings. The number of ether oxygens (including phenoxy) is 2. The van der Waals surface area contributed by atoms with Gasteiger partial charge in [0.1, 0.15) is 13.2 Å². The molecule has 2 aromatic rings. The van der Waals surface area contributed by atoms with E-state index in [1.807, 2.05) is 32.0 Å². The molecular formula is C22H25ClN2O4. The molecule has 0 bridgehead atoms. The van der Waals surface area contributed by atoms with Gasteiger partial charge in [-0.05, 0) is 35.7 Å². The highest BCUT2D eigenvalue weighted by Crippen LogP contribution is 2.34. The molecule has 2 N–H and O–H groups in total. The predicted molar refractivity (Wildman–Crippen MR) is 112 cm³/mol. The van der Waals surface area contributed by atoms with Crippen LogP contribution in [0.2, 0.25) is 5.02 Å². The van der Waals surface area contributed by atoms with E-state index in [-0.39, 0.29) is 36.7 Å². The maximum atomic E-state index is 12.5. The zero-order valence-corrected chi connectivity index (χ0v) is 17.3. The average Bonchev–Trinajstić information content (AvgIpc) is 2.71. The summed E-state index contributed by atoms with van der Waals surface area (Å²) in [5.74, 6) is 1.16. The van der Waals surface area contributed by atoms with Crippen LogP contribution in [0.1, 0.15) is 42.2 Å². The molecule has 1 aliphatic heterocycles. The first-order chi connectivity index (χ1) is 14.0. The standard InChI is InChI=1S/C22H25ClN2O4/c1-14(2)21(15-7-8-18-19(13-15)29-12-11-28-18)25-20(26)9-10-24-22(27)16-5-3-4-6-17(16)23/h3-8,13-14,21H,9-12H2,1-2H3,(H,24,27)(H,25,26). The minimum absolute atomic E-state index is 0.141. The lowest BCUT2D eigenvalue weighted by Gasteiger charge is -2.25. The Balaban J connectivity index is 1.56. The molecule has 1 unspecified atom stereocenters. The molecule has 0 radical (unpaired) electrons. The number of nitrogens with one attached hydrogen (secondary N) is 2. The summed E-state index contributed by atoms with van der Waals surface area (Å²) >= 11 is 6.02. The van der Waals surface area contributed by atoms with E-state index in [0.29, 0.717) is 29.5 Å². The highest BCUT2D eigenvalue weighted by Gasteiger charge is 2.21. The molecule has 2 aromatic carbocycles. The number of hydrogen-bond acceptors (Lipinski definition) is 4. The second-order valence-electron chi connectivity index (χ2n) is 7.18. The van der Waals surface area contributed by atoms with Gasteiger partial charge in [0, 0.05) is 13.0 Å². The number of carbonyl (C=O) groups excluding carboxylic acids is 2. The van der Waals surface area contributed by atoms with Crippen molar-refractivity contribution in [3.63, 3.8) is 0 Å². The van der Waals surface area contributed by atoms with Gasteiger partial charge in [0.15, 0.2) is 11.5 Å². The number of rotatable bonds is 7. The molecule has 0 spiro atoms. The SMILES string of the molecule is CC(C)C(NC(=O)CCNC(=O)c1ccccc1Cl)c1ccc2c(c1)OCCO2. The quantitative estimate of drug-likeness (QED) is 0.720. The molecule has 0 saturated carbocycles. The Morgan fingerprint density at radius 3 is 2.52 bits per heavy atom. The smallest absolute Gasteiger partial charge is 0.252 e. The monoisotopic (exact) mass is 416 g/mol. The fraction of sp³-hybridized carbons (Fsp3) is 0.364. The first-order valence-corrected chi connectivity index (χ1v) is 10.0. The van der Waals surface area contributed by atoms with Crippen molar-refractivity contribution in [1.82, 2.24) is 10.6 Å². The summed E-state index contributed by atoms with van der Waals surface area (Å²) in [6, 6.07) is 12.4. The first kappa shape index (κ1) is 21.0. The largest absolute Gasteiger partial charge is 0.486 e. The van der Waals surface area contributed by atoms with Crippen LogP contribution in [0.3, 0.4) is 0 Å². The van der Waals surface area contributed by atoms with Gasteiger partial charge in [0.05, 0.1) is 16.6 Å². The average molecular weight is 417 g/mol. The van der Waals surface area contributed by atoms with E-state index >= 15 is 0 Å². The lowest BCUT2D eigenvalue weighted by Crippen LogP contribution is -2.35. The normalized spacial score (nSPS) is 13.7. The number of carbonyl (C=O) groups is 2. The highest BCUT2D eigenvalue weighted by molar-refractivity contribution is 6.33. The van der Waals surface area contributed by atoms with Crippen LogP contribution in [-0.4, -0.2) is 31.6 Å². The molecule has 6 nitrogen and oxygen atoms in total. The summed E-state index contributed by atoms with van der Waals surface area (Å²) in [6.07, 6.45) is 0.171. The van der Waals surface area contributed by atoms with E-state index in [4.69, 9.17) is 21.1 Å². The number of amides is 2. The molecule has 3 rings (SSSR count). The Kier molecular flexibility index (Phi) is 6.99. The summed E-state index contributed by atoms with van der Waals surface area (Å²) in [6.45, 7) is 5.36. The van der Waals surface area contributed by atoms with Crippen LogP contribution >= 0.6 is 11.6 Å². The molecule has 0 aromatic heterocycles. The maximum Gasteiger partial charge on any atom is 0.252 e. The fourth-order valence-electron chi connectivity index (χ4n) is 3.16. The van der Waals surface area contributed by atoms with Gasteiger partial charge in [-0.15, -0.1) is 0 Å². The molecule has 7 heteroatoms. The lowest BCUT2D eigenvalue weighted by molar-refractivity contribution is -0.122. The fourth-order valence-corrected chi connectivity index (χ4v) is 3.39. The minimum Gasteiger partial charge on any atom is -0.486 e. The number of hydrogen-bond donors (Lipinski definition) is 2. The van der Waals surface area contributed by atoms with Crippen molar-refractivity contribution < 1.29 is 19.1 Å². The zero-order chi connectivity index (χ0) is 20.8. The van der Waals surface area contributed by atoms with Gasteiger partial charge in [0.2, 0.25) is 5.91 Å². The molecule has 0 saturated heterocycles. The van der Waals surface area contributed by atoms with Crippen LogP contribution in [0.4, 0.5) is 0 Å². The Morgan fingerprint density at radius 1 is 1.07 bits per heavy atom. The van der Waals surface area contributed by atoms with Crippen LogP contribution in [0, 0.1) is 5.92 Å². The van der Waals surface area contributed by atoms with E-state index in [1.165, 1.54) is 0 Å². The van der Waals surface area contributed by atoms with Crippen LogP contribution in [0.15, 0.2) is 42.5 Å². The third-order valence-corrected chi connectivity index (χ3v) is 4.99. The molecule has 29 heavy (non-hydrogen) atoms. The van der Waals surface area contributed by atoms with Gasteiger partial charge in [0.25, 0.3) is 5.91 Å².